The maximum atomic E-state index is 12.1. The van der Waals surface area contributed by atoms with E-state index in [4.69, 9.17) is 4.74 Å². The molecule has 1 rings (SSSR count). The first-order valence-corrected chi connectivity index (χ1v) is 9.90. The predicted octanol–water partition coefficient (Wildman–Crippen LogP) is 5.29. The van der Waals surface area contributed by atoms with E-state index in [1.807, 2.05) is 6.92 Å². The van der Waals surface area contributed by atoms with E-state index in [1.54, 1.807) is 18.2 Å². The van der Waals surface area contributed by atoms with Crippen LogP contribution < -0.4 is 4.74 Å². The molecule has 2 N–H and O–H groups in total. The average Bonchev–Trinajstić information content (AvgIpc) is 2.56. The van der Waals surface area contributed by atoms with Gasteiger partial charge in [-0.3, -0.25) is 9.59 Å². The fourth-order valence-corrected chi connectivity index (χ4v) is 3.32. The van der Waals surface area contributed by atoms with E-state index in [9.17, 15) is 19.8 Å². The van der Waals surface area contributed by atoms with Crippen LogP contribution >= 0.6 is 0 Å². The molecule has 1 aromatic carbocycles. The van der Waals surface area contributed by atoms with Crippen LogP contribution in [0.5, 0.6) is 5.75 Å². The van der Waals surface area contributed by atoms with Crippen LogP contribution in [0.2, 0.25) is 0 Å². The SMILES string of the molecule is CCOc1cccc(C(CCC(C)C)C(=O)O)c1C(CCC(C)C)C(=O)O. The van der Waals surface area contributed by atoms with Gasteiger partial charge in [0.05, 0.1) is 18.4 Å². The Morgan fingerprint density at radius 2 is 1.41 bits per heavy atom. The molecule has 0 aliphatic rings. The summed E-state index contributed by atoms with van der Waals surface area (Å²) in [5, 5.41) is 19.7. The number of hydrogen-bond acceptors (Lipinski definition) is 3. The summed E-state index contributed by atoms with van der Waals surface area (Å²) in [7, 11) is 0. The highest BCUT2D eigenvalue weighted by Crippen LogP contribution is 2.39. The summed E-state index contributed by atoms with van der Waals surface area (Å²) in [6, 6.07) is 5.26. The molecule has 2 atom stereocenters. The second-order valence-corrected chi connectivity index (χ2v) is 7.92. The lowest BCUT2D eigenvalue weighted by Crippen LogP contribution is -2.21. The van der Waals surface area contributed by atoms with E-state index < -0.39 is 23.8 Å². The Bertz CT molecular complexity index is 621. The second kappa shape index (κ2) is 11.0. The monoisotopic (exact) mass is 378 g/mol. The Morgan fingerprint density at radius 1 is 0.889 bits per heavy atom. The summed E-state index contributed by atoms with van der Waals surface area (Å²) in [6.45, 7) is 10.5. The molecule has 152 valence electrons. The molecule has 2 unspecified atom stereocenters. The topological polar surface area (TPSA) is 83.8 Å². The molecule has 0 saturated heterocycles. The first-order chi connectivity index (χ1) is 12.7. The molecular formula is C22H34O5. The highest BCUT2D eigenvalue weighted by Gasteiger charge is 2.32. The van der Waals surface area contributed by atoms with Gasteiger partial charge >= 0.3 is 11.9 Å². The number of ether oxygens (including phenoxy) is 1. The lowest BCUT2D eigenvalue weighted by molar-refractivity contribution is -0.140. The third-order valence-corrected chi connectivity index (χ3v) is 4.79. The Balaban J connectivity index is 3.46. The van der Waals surface area contributed by atoms with Gasteiger partial charge in [-0.1, -0.05) is 39.8 Å². The van der Waals surface area contributed by atoms with Crippen LogP contribution in [0, 0.1) is 11.8 Å². The number of carboxylic acid groups (broad SMARTS) is 2. The van der Waals surface area contributed by atoms with Crippen molar-refractivity contribution in [1.29, 1.82) is 0 Å². The minimum absolute atomic E-state index is 0.366. The number of hydrogen-bond donors (Lipinski definition) is 2. The predicted molar refractivity (Wildman–Crippen MR) is 107 cm³/mol. The highest BCUT2D eigenvalue weighted by atomic mass is 16.5. The van der Waals surface area contributed by atoms with Gasteiger partial charge < -0.3 is 14.9 Å². The van der Waals surface area contributed by atoms with E-state index >= 15 is 0 Å². The van der Waals surface area contributed by atoms with Crippen LogP contribution in [0.15, 0.2) is 18.2 Å². The smallest absolute Gasteiger partial charge is 0.311 e. The summed E-state index contributed by atoms with van der Waals surface area (Å²) < 4.78 is 5.71. The molecule has 0 heterocycles. The highest BCUT2D eigenvalue weighted by molar-refractivity contribution is 5.82. The van der Waals surface area contributed by atoms with Crippen molar-refractivity contribution >= 4 is 11.9 Å². The molecule has 0 radical (unpaired) electrons. The largest absolute Gasteiger partial charge is 0.494 e. The molecule has 0 amide bonds. The second-order valence-electron chi connectivity index (χ2n) is 7.92. The van der Waals surface area contributed by atoms with Crippen molar-refractivity contribution in [3.05, 3.63) is 29.3 Å². The zero-order chi connectivity index (χ0) is 20.6. The maximum Gasteiger partial charge on any atom is 0.311 e. The van der Waals surface area contributed by atoms with Gasteiger partial charge in [0.2, 0.25) is 0 Å². The van der Waals surface area contributed by atoms with E-state index in [1.165, 1.54) is 0 Å². The molecule has 0 saturated carbocycles. The molecule has 0 bridgehead atoms. The lowest BCUT2D eigenvalue weighted by atomic mass is 9.81. The van der Waals surface area contributed by atoms with Crippen LogP contribution in [-0.2, 0) is 9.59 Å². The van der Waals surface area contributed by atoms with Gasteiger partial charge in [-0.25, -0.2) is 0 Å². The van der Waals surface area contributed by atoms with Crippen LogP contribution in [0.3, 0.4) is 0 Å². The van der Waals surface area contributed by atoms with Gasteiger partial charge in [0.1, 0.15) is 5.75 Å². The molecule has 27 heavy (non-hydrogen) atoms. The summed E-state index contributed by atoms with van der Waals surface area (Å²) in [5.41, 5.74) is 1.11. The zero-order valence-electron chi connectivity index (χ0n) is 17.2. The standard InChI is InChI=1S/C22H34O5/c1-6-27-19-9-7-8-16(17(21(23)24)12-10-14(2)3)20(19)18(22(25)26)13-11-15(4)5/h7-9,14-15,17-18H,6,10-13H2,1-5H3,(H,23,24)(H,25,26). The normalized spacial score (nSPS) is 13.6. The number of benzene rings is 1. The van der Waals surface area contributed by atoms with E-state index in [-0.39, 0.29) is 0 Å². The van der Waals surface area contributed by atoms with E-state index in [2.05, 4.69) is 27.7 Å². The third-order valence-electron chi connectivity index (χ3n) is 4.79. The molecule has 1 aromatic rings. The quantitative estimate of drug-likeness (QED) is 0.516. The molecular weight excluding hydrogens is 344 g/mol. The maximum absolute atomic E-state index is 12.1. The molecule has 0 fully saturated rings. The summed E-state index contributed by atoms with van der Waals surface area (Å²) >= 11 is 0. The van der Waals surface area contributed by atoms with Gasteiger partial charge in [-0.05, 0) is 56.1 Å². The molecule has 5 heteroatoms. The minimum Gasteiger partial charge on any atom is -0.494 e. The molecule has 0 spiro atoms. The van der Waals surface area contributed by atoms with Crippen LogP contribution in [-0.4, -0.2) is 28.8 Å². The van der Waals surface area contributed by atoms with Gasteiger partial charge in [0, 0.05) is 5.56 Å². The first-order valence-electron chi connectivity index (χ1n) is 9.90. The van der Waals surface area contributed by atoms with Crippen LogP contribution in [0.1, 0.15) is 83.3 Å². The first kappa shape index (κ1) is 23.0. The van der Waals surface area contributed by atoms with Crippen LogP contribution in [0.4, 0.5) is 0 Å². The molecule has 0 aliphatic carbocycles. The number of carboxylic acids is 2. The Labute approximate surface area is 162 Å². The van der Waals surface area contributed by atoms with E-state index in [0.29, 0.717) is 48.2 Å². The van der Waals surface area contributed by atoms with Gasteiger partial charge in [0.25, 0.3) is 0 Å². The summed E-state index contributed by atoms with van der Waals surface area (Å²) in [6.07, 6.45) is 2.45. The van der Waals surface area contributed by atoms with Crippen LogP contribution in [0.25, 0.3) is 0 Å². The van der Waals surface area contributed by atoms with Gasteiger partial charge in [0.15, 0.2) is 0 Å². The number of rotatable bonds is 12. The van der Waals surface area contributed by atoms with Gasteiger partial charge in [-0.15, -0.1) is 0 Å². The van der Waals surface area contributed by atoms with Crippen molar-refractivity contribution in [2.45, 2.75) is 72.1 Å². The lowest BCUT2D eigenvalue weighted by Gasteiger charge is -2.24. The molecule has 0 aromatic heterocycles. The average molecular weight is 379 g/mol. The Kier molecular flexibility index (Phi) is 9.33. The number of carbonyl (C=O) groups is 2. The fraction of sp³-hybridized carbons (Fsp3) is 0.636. The minimum atomic E-state index is -0.933. The summed E-state index contributed by atoms with van der Waals surface area (Å²) in [5.74, 6) is -2.13. The molecule has 0 aliphatic heterocycles. The van der Waals surface area contributed by atoms with Crippen molar-refractivity contribution in [3.8, 4) is 5.75 Å². The fourth-order valence-electron chi connectivity index (χ4n) is 3.32. The van der Waals surface area contributed by atoms with Crippen molar-refractivity contribution in [2.75, 3.05) is 6.61 Å². The number of aliphatic carboxylic acids is 2. The zero-order valence-corrected chi connectivity index (χ0v) is 17.2. The van der Waals surface area contributed by atoms with E-state index in [0.717, 1.165) is 12.8 Å². The Hall–Kier alpha value is -2.04. The van der Waals surface area contributed by atoms with Crippen molar-refractivity contribution < 1.29 is 24.5 Å². The van der Waals surface area contributed by atoms with Crippen molar-refractivity contribution in [1.82, 2.24) is 0 Å². The summed E-state index contributed by atoms with van der Waals surface area (Å²) in [4.78, 5) is 24.1. The Morgan fingerprint density at radius 3 is 1.85 bits per heavy atom. The van der Waals surface area contributed by atoms with Gasteiger partial charge in [-0.2, -0.15) is 0 Å². The third kappa shape index (κ3) is 6.89. The van der Waals surface area contributed by atoms with Crippen molar-refractivity contribution in [3.63, 3.8) is 0 Å². The van der Waals surface area contributed by atoms with Crippen molar-refractivity contribution in [2.24, 2.45) is 11.8 Å². The molecule has 5 nitrogen and oxygen atoms in total.